The summed E-state index contributed by atoms with van der Waals surface area (Å²) in [5, 5.41) is 4.87. The fraction of sp³-hybridized carbons (Fsp3) is 0.200. The van der Waals surface area contributed by atoms with Gasteiger partial charge in [-0.2, -0.15) is 0 Å². The first kappa shape index (κ1) is 21.9. The Morgan fingerprint density at radius 1 is 1.00 bits per heavy atom. The van der Waals surface area contributed by atoms with E-state index in [0.29, 0.717) is 23.8 Å². The highest BCUT2D eigenvalue weighted by Gasteiger charge is 2.17. The van der Waals surface area contributed by atoms with E-state index in [2.05, 4.69) is 5.32 Å². The fourth-order valence-corrected chi connectivity index (χ4v) is 3.01. The summed E-state index contributed by atoms with van der Waals surface area (Å²) in [6.07, 6.45) is 1.92. The Morgan fingerprint density at radius 3 is 2.52 bits per heavy atom. The van der Waals surface area contributed by atoms with Gasteiger partial charge in [0.25, 0.3) is 5.91 Å². The maximum absolute atomic E-state index is 12.4. The van der Waals surface area contributed by atoms with Gasteiger partial charge in [-0.1, -0.05) is 36.4 Å². The summed E-state index contributed by atoms with van der Waals surface area (Å²) < 4.78 is 16.0. The molecule has 3 aromatic carbocycles. The quantitative estimate of drug-likeness (QED) is 0.418. The minimum Gasteiger partial charge on any atom is -0.493 e. The molecule has 0 fully saturated rings. The Morgan fingerprint density at radius 2 is 1.77 bits per heavy atom. The van der Waals surface area contributed by atoms with E-state index in [-0.39, 0.29) is 0 Å². The second-order valence-electron chi connectivity index (χ2n) is 6.81. The van der Waals surface area contributed by atoms with Gasteiger partial charge >= 0.3 is 5.97 Å². The third kappa shape index (κ3) is 5.85. The molecular weight excluding hydrogens is 394 g/mol. The van der Waals surface area contributed by atoms with Crippen LogP contribution in [0.3, 0.4) is 0 Å². The number of hydrogen-bond donors (Lipinski definition) is 1. The lowest BCUT2D eigenvalue weighted by Crippen LogP contribution is -2.29. The van der Waals surface area contributed by atoms with E-state index in [4.69, 9.17) is 14.2 Å². The second-order valence-corrected chi connectivity index (χ2v) is 6.81. The maximum atomic E-state index is 12.4. The molecular formula is C25H25NO5. The molecule has 0 aromatic heterocycles. The van der Waals surface area contributed by atoms with Crippen LogP contribution in [0.4, 0.5) is 5.69 Å². The maximum Gasteiger partial charge on any atom is 0.331 e. The van der Waals surface area contributed by atoms with E-state index in [1.165, 1.54) is 13.0 Å². The zero-order chi connectivity index (χ0) is 22.2. The van der Waals surface area contributed by atoms with Gasteiger partial charge in [-0.15, -0.1) is 0 Å². The standard InChI is InChI=1S/C25H25NO5/c1-4-30-23-15-18(9-13-22(23)29-3)10-14-24(27)31-17(2)25(28)26-21-12-11-19-7-5-6-8-20(19)16-21/h5-17H,4H2,1-3H3,(H,26,28)/b14-10+/t17-/m0/s1. The summed E-state index contributed by atoms with van der Waals surface area (Å²) in [5.74, 6) is 0.180. The molecule has 1 N–H and O–H groups in total. The van der Waals surface area contributed by atoms with Crippen molar-refractivity contribution in [1.29, 1.82) is 0 Å². The van der Waals surface area contributed by atoms with Crippen molar-refractivity contribution in [2.45, 2.75) is 20.0 Å². The van der Waals surface area contributed by atoms with E-state index in [1.54, 1.807) is 31.4 Å². The number of esters is 1. The van der Waals surface area contributed by atoms with Crippen molar-refractivity contribution in [3.8, 4) is 11.5 Å². The molecule has 0 bridgehead atoms. The lowest BCUT2D eigenvalue weighted by atomic mass is 10.1. The monoisotopic (exact) mass is 419 g/mol. The highest BCUT2D eigenvalue weighted by molar-refractivity contribution is 5.98. The van der Waals surface area contributed by atoms with Crippen molar-refractivity contribution in [1.82, 2.24) is 0 Å². The fourth-order valence-electron chi connectivity index (χ4n) is 3.01. The van der Waals surface area contributed by atoms with Crippen LogP contribution in [-0.2, 0) is 14.3 Å². The lowest BCUT2D eigenvalue weighted by molar-refractivity contribution is -0.148. The molecule has 0 radical (unpaired) electrons. The molecule has 0 saturated carbocycles. The van der Waals surface area contributed by atoms with Crippen LogP contribution in [-0.4, -0.2) is 31.7 Å². The molecule has 3 aromatic rings. The van der Waals surface area contributed by atoms with Crippen molar-refractivity contribution < 1.29 is 23.8 Å². The number of amides is 1. The molecule has 1 amide bonds. The Bertz CT molecular complexity index is 1110. The van der Waals surface area contributed by atoms with Gasteiger partial charge in [-0.3, -0.25) is 4.79 Å². The number of rotatable bonds is 8. The number of methoxy groups -OCH3 is 1. The van der Waals surface area contributed by atoms with Crippen LogP contribution in [0.1, 0.15) is 19.4 Å². The van der Waals surface area contributed by atoms with Crippen LogP contribution in [0.2, 0.25) is 0 Å². The van der Waals surface area contributed by atoms with E-state index in [1.807, 2.05) is 49.4 Å². The minimum absolute atomic E-state index is 0.403. The van der Waals surface area contributed by atoms with Gasteiger partial charge in [0.15, 0.2) is 17.6 Å². The number of carbonyl (C=O) groups is 2. The molecule has 0 unspecified atom stereocenters. The molecule has 6 heteroatoms. The molecule has 0 aliphatic rings. The van der Waals surface area contributed by atoms with Gasteiger partial charge < -0.3 is 19.5 Å². The highest BCUT2D eigenvalue weighted by atomic mass is 16.5. The number of hydrogen-bond acceptors (Lipinski definition) is 5. The molecule has 31 heavy (non-hydrogen) atoms. The first-order valence-electron chi connectivity index (χ1n) is 9.99. The van der Waals surface area contributed by atoms with Crippen LogP contribution >= 0.6 is 0 Å². The van der Waals surface area contributed by atoms with Crippen molar-refractivity contribution in [2.24, 2.45) is 0 Å². The number of fused-ring (bicyclic) bond motifs is 1. The Kier molecular flexibility index (Phi) is 7.27. The molecule has 0 spiro atoms. The van der Waals surface area contributed by atoms with Gasteiger partial charge in [0.2, 0.25) is 0 Å². The van der Waals surface area contributed by atoms with Crippen LogP contribution in [0.5, 0.6) is 11.5 Å². The predicted molar refractivity (Wildman–Crippen MR) is 121 cm³/mol. The van der Waals surface area contributed by atoms with Gasteiger partial charge in [0.05, 0.1) is 13.7 Å². The van der Waals surface area contributed by atoms with Crippen LogP contribution in [0.25, 0.3) is 16.8 Å². The summed E-state index contributed by atoms with van der Waals surface area (Å²) in [7, 11) is 1.56. The summed E-state index contributed by atoms with van der Waals surface area (Å²) in [5.41, 5.74) is 1.39. The average Bonchev–Trinajstić information content (AvgIpc) is 2.78. The number of anilines is 1. The molecule has 160 valence electrons. The lowest BCUT2D eigenvalue weighted by Gasteiger charge is -2.13. The van der Waals surface area contributed by atoms with E-state index >= 15 is 0 Å². The first-order chi connectivity index (χ1) is 15.0. The summed E-state index contributed by atoms with van der Waals surface area (Å²) in [6.45, 7) is 3.90. The predicted octanol–water partition coefficient (Wildman–Crippen LogP) is 4.83. The number of benzene rings is 3. The number of carbonyl (C=O) groups excluding carboxylic acids is 2. The normalized spacial score (nSPS) is 11.8. The van der Waals surface area contributed by atoms with E-state index in [9.17, 15) is 9.59 Å². The molecule has 0 aliphatic heterocycles. The van der Waals surface area contributed by atoms with Gasteiger partial charge in [-0.25, -0.2) is 4.79 Å². The Hall–Kier alpha value is -3.80. The summed E-state index contributed by atoms with van der Waals surface area (Å²) in [4.78, 5) is 24.5. The first-order valence-corrected chi connectivity index (χ1v) is 9.99. The third-order valence-electron chi connectivity index (χ3n) is 4.58. The zero-order valence-corrected chi connectivity index (χ0v) is 17.8. The molecule has 0 heterocycles. The summed E-state index contributed by atoms with van der Waals surface area (Å²) in [6, 6.07) is 18.8. The topological polar surface area (TPSA) is 73.9 Å². The number of ether oxygens (including phenoxy) is 3. The van der Waals surface area contributed by atoms with Gasteiger partial charge in [0.1, 0.15) is 0 Å². The van der Waals surface area contributed by atoms with Crippen LogP contribution < -0.4 is 14.8 Å². The van der Waals surface area contributed by atoms with Crippen molar-refractivity contribution >= 4 is 34.4 Å². The Balaban J connectivity index is 1.59. The molecule has 0 aliphatic carbocycles. The number of nitrogens with one attached hydrogen (secondary N) is 1. The summed E-state index contributed by atoms with van der Waals surface area (Å²) >= 11 is 0. The molecule has 0 saturated heterocycles. The van der Waals surface area contributed by atoms with Gasteiger partial charge in [-0.05, 0) is 60.5 Å². The van der Waals surface area contributed by atoms with Crippen molar-refractivity contribution in [3.05, 3.63) is 72.3 Å². The van der Waals surface area contributed by atoms with Crippen LogP contribution in [0, 0.1) is 0 Å². The second kappa shape index (κ2) is 10.3. The van der Waals surface area contributed by atoms with Crippen molar-refractivity contribution in [2.75, 3.05) is 19.0 Å². The molecule has 6 nitrogen and oxygen atoms in total. The Labute approximate surface area is 181 Å². The minimum atomic E-state index is -0.946. The van der Waals surface area contributed by atoms with Gasteiger partial charge in [0, 0.05) is 11.8 Å². The van der Waals surface area contributed by atoms with Crippen molar-refractivity contribution in [3.63, 3.8) is 0 Å². The third-order valence-corrected chi connectivity index (χ3v) is 4.58. The smallest absolute Gasteiger partial charge is 0.331 e. The van der Waals surface area contributed by atoms with Crippen LogP contribution in [0.15, 0.2) is 66.7 Å². The van der Waals surface area contributed by atoms with E-state index in [0.717, 1.165) is 16.3 Å². The zero-order valence-electron chi connectivity index (χ0n) is 17.8. The molecule has 3 rings (SSSR count). The molecule has 1 atom stereocenters. The largest absolute Gasteiger partial charge is 0.493 e. The highest BCUT2D eigenvalue weighted by Crippen LogP contribution is 2.28. The SMILES string of the molecule is CCOc1cc(/C=C/C(=O)O[C@@H](C)C(=O)Nc2ccc3ccccc3c2)ccc1OC. The van der Waals surface area contributed by atoms with E-state index < -0.39 is 18.0 Å². The average molecular weight is 419 g/mol.